The van der Waals surface area contributed by atoms with Crippen molar-refractivity contribution >= 4 is 26.0 Å². The Bertz CT molecular complexity index is 569. The van der Waals surface area contributed by atoms with Crippen LogP contribution in [0.4, 0.5) is 0 Å². The number of nitrogens with zero attached hydrogens (tertiary/aromatic N) is 1. The van der Waals surface area contributed by atoms with Crippen LogP contribution in [-0.4, -0.2) is 46.6 Å². The second kappa shape index (κ2) is 6.43. The van der Waals surface area contributed by atoms with Gasteiger partial charge in [0.05, 0.1) is 7.11 Å². The van der Waals surface area contributed by atoms with Crippen LogP contribution in [0.5, 0.6) is 5.75 Å². The van der Waals surface area contributed by atoms with E-state index in [0.29, 0.717) is 10.2 Å². The van der Waals surface area contributed by atoms with Crippen molar-refractivity contribution in [1.82, 2.24) is 9.62 Å². The lowest BCUT2D eigenvalue weighted by Crippen LogP contribution is -2.43. The molecule has 7 heteroatoms. The van der Waals surface area contributed by atoms with E-state index in [4.69, 9.17) is 4.74 Å². The molecule has 2 rings (SSSR count). The summed E-state index contributed by atoms with van der Waals surface area (Å²) in [5, 5.41) is 0. The monoisotopic (exact) mass is 362 g/mol. The van der Waals surface area contributed by atoms with Crippen molar-refractivity contribution in [2.75, 3.05) is 27.2 Å². The van der Waals surface area contributed by atoms with Gasteiger partial charge in [-0.2, -0.15) is 0 Å². The summed E-state index contributed by atoms with van der Waals surface area (Å²) in [6.07, 6.45) is 1.65. The van der Waals surface area contributed by atoms with Crippen molar-refractivity contribution in [1.29, 1.82) is 0 Å². The predicted octanol–water partition coefficient (Wildman–Crippen LogP) is 1.83. The van der Waals surface area contributed by atoms with Gasteiger partial charge in [-0.25, -0.2) is 13.1 Å². The van der Waals surface area contributed by atoms with Gasteiger partial charge < -0.3 is 9.64 Å². The maximum Gasteiger partial charge on any atom is 0.244 e. The van der Waals surface area contributed by atoms with Gasteiger partial charge in [0.1, 0.15) is 10.6 Å². The number of hydrogen-bond acceptors (Lipinski definition) is 4. The lowest BCUT2D eigenvalue weighted by Gasteiger charge is -2.29. The number of rotatable bonds is 4. The summed E-state index contributed by atoms with van der Waals surface area (Å²) in [4.78, 5) is 2.37. The van der Waals surface area contributed by atoms with Gasteiger partial charge in [0, 0.05) is 10.5 Å². The summed E-state index contributed by atoms with van der Waals surface area (Å²) in [7, 11) is -0.0524. The molecule has 0 aliphatic carbocycles. The average molecular weight is 363 g/mol. The van der Waals surface area contributed by atoms with Crippen LogP contribution in [0.2, 0.25) is 0 Å². The molecule has 5 nitrogen and oxygen atoms in total. The smallest absolute Gasteiger partial charge is 0.244 e. The summed E-state index contributed by atoms with van der Waals surface area (Å²) >= 11 is 3.30. The Morgan fingerprint density at radius 2 is 2.00 bits per heavy atom. The van der Waals surface area contributed by atoms with Crippen LogP contribution in [-0.2, 0) is 10.0 Å². The predicted molar refractivity (Wildman–Crippen MR) is 81.5 cm³/mol. The minimum absolute atomic E-state index is 0.0140. The second-order valence-electron chi connectivity index (χ2n) is 4.99. The lowest BCUT2D eigenvalue weighted by molar-refractivity contribution is 0.248. The standard InChI is InChI=1S/C13H19BrN2O3S/c1-16-7-5-11(6-8-16)15-20(17,18)13-9-10(14)3-4-12(13)19-2/h3-4,9,11,15H,5-8H2,1-2H3. The van der Waals surface area contributed by atoms with Crippen molar-refractivity contribution in [3.63, 3.8) is 0 Å². The zero-order valence-electron chi connectivity index (χ0n) is 11.6. The molecule has 0 amide bonds. The third-order valence-electron chi connectivity index (χ3n) is 3.46. The minimum Gasteiger partial charge on any atom is -0.495 e. The summed E-state index contributed by atoms with van der Waals surface area (Å²) in [5.41, 5.74) is 0. The van der Waals surface area contributed by atoms with E-state index in [0.717, 1.165) is 25.9 Å². The van der Waals surface area contributed by atoms with Crippen molar-refractivity contribution < 1.29 is 13.2 Å². The molecule has 0 saturated carbocycles. The Balaban J connectivity index is 2.20. The summed E-state index contributed by atoms with van der Waals surface area (Å²) in [6.45, 7) is 1.81. The number of ether oxygens (including phenoxy) is 1. The summed E-state index contributed by atoms with van der Waals surface area (Å²) in [5.74, 6) is 0.355. The molecule has 0 atom stereocenters. The van der Waals surface area contributed by atoms with Crippen LogP contribution >= 0.6 is 15.9 Å². The quantitative estimate of drug-likeness (QED) is 0.887. The molecule has 0 aromatic heterocycles. The maximum absolute atomic E-state index is 12.5. The largest absolute Gasteiger partial charge is 0.495 e. The van der Waals surface area contributed by atoms with Crippen LogP contribution in [0.25, 0.3) is 0 Å². The number of nitrogens with one attached hydrogen (secondary N) is 1. The first kappa shape index (κ1) is 15.8. The molecule has 20 heavy (non-hydrogen) atoms. The fraction of sp³-hybridized carbons (Fsp3) is 0.538. The molecule has 112 valence electrons. The molecule has 0 spiro atoms. The molecule has 1 aliphatic rings. The van der Waals surface area contributed by atoms with E-state index in [9.17, 15) is 8.42 Å². The zero-order chi connectivity index (χ0) is 14.8. The number of halogens is 1. The summed E-state index contributed by atoms with van der Waals surface area (Å²) < 4.78 is 33.6. The molecule has 1 aromatic rings. The Kier molecular flexibility index (Phi) is 5.06. The molecule has 1 N–H and O–H groups in total. The van der Waals surface area contributed by atoms with E-state index in [2.05, 4.69) is 25.6 Å². The SMILES string of the molecule is COc1ccc(Br)cc1S(=O)(=O)NC1CCN(C)CC1. The molecule has 1 saturated heterocycles. The van der Waals surface area contributed by atoms with E-state index in [1.165, 1.54) is 7.11 Å². The van der Waals surface area contributed by atoms with Gasteiger partial charge >= 0.3 is 0 Å². The van der Waals surface area contributed by atoms with E-state index in [-0.39, 0.29) is 10.9 Å². The number of piperidine rings is 1. The third-order valence-corrected chi connectivity index (χ3v) is 5.49. The van der Waals surface area contributed by atoms with Gasteiger partial charge in [-0.3, -0.25) is 0 Å². The Morgan fingerprint density at radius 3 is 2.60 bits per heavy atom. The first-order valence-electron chi connectivity index (χ1n) is 6.47. The molecule has 0 bridgehead atoms. The van der Waals surface area contributed by atoms with Crippen LogP contribution in [0.1, 0.15) is 12.8 Å². The van der Waals surface area contributed by atoms with Gasteiger partial charge in [-0.05, 0) is 51.2 Å². The van der Waals surface area contributed by atoms with E-state index in [1.54, 1.807) is 18.2 Å². The highest BCUT2D eigenvalue weighted by Gasteiger charge is 2.25. The van der Waals surface area contributed by atoms with Crippen LogP contribution in [0.15, 0.2) is 27.6 Å². The Labute approximate surface area is 128 Å². The average Bonchev–Trinajstić information content (AvgIpc) is 2.41. The molecular weight excluding hydrogens is 344 g/mol. The summed E-state index contributed by atoms with van der Waals surface area (Å²) in [6, 6.07) is 4.96. The lowest BCUT2D eigenvalue weighted by atomic mass is 10.1. The fourth-order valence-electron chi connectivity index (χ4n) is 2.27. The first-order valence-corrected chi connectivity index (χ1v) is 8.74. The van der Waals surface area contributed by atoms with Crippen LogP contribution in [0, 0.1) is 0 Å². The highest BCUT2D eigenvalue weighted by Crippen LogP contribution is 2.27. The van der Waals surface area contributed by atoms with Gasteiger partial charge in [0.2, 0.25) is 10.0 Å². The number of likely N-dealkylation sites (tertiary alicyclic amines) is 1. The minimum atomic E-state index is -3.57. The zero-order valence-corrected chi connectivity index (χ0v) is 14.0. The van der Waals surface area contributed by atoms with Gasteiger partial charge in [-0.15, -0.1) is 0 Å². The number of sulfonamides is 1. The third kappa shape index (κ3) is 3.72. The first-order chi connectivity index (χ1) is 9.42. The van der Waals surface area contributed by atoms with Crippen molar-refractivity contribution in [3.8, 4) is 5.75 Å². The van der Waals surface area contributed by atoms with Crippen molar-refractivity contribution in [3.05, 3.63) is 22.7 Å². The van der Waals surface area contributed by atoms with Gasteiger partial charge in [0.15, 0.2) is 0 Å². The topological polar surface area (TPSA) is 58.6 Å². The molecule has 1 fully saturated rings. The molecular formula is C13H19BrN2O3S. The highest BCUT2D eigenvalue weighted by atomic mass is 79.9. The molecule has 0 unspecified atom stereocenters. The number of methoxy groups -OCH3 is 1. The molecule has 0 radical (unpaired) electrons. The van der Waals surface area contributed by atoms with E-state index in [1.807, 2.05) is 7.05 Å². The van der Waals surface area contributed by atoms with Crippen molar-refractivity contribution in [2.24, 2.45) is 0 Å². The normalized spacial score (nSPS) is 18.1. The fourth-order valence-corrected chi connectivity index (χ4v) is 4.28. The maximum atomic E-state index is 12.5. The Hall–Kier alpha value is -0.630. The van der Waals surface area contributed by atoms with Crippen LogP contribution < -0.4 is 9.46 Å². The van der Waals surface area contributed by atoms with Crippen LogP contribution in [0.3, 0.4) is 0 Å². The number of hydrogen-bond donors (Lipinski definition) is 1. The van der Waals surface area contributed by atoms with Gasteiger partial charge in [-0.1, -0.05) is 15.9 Å². The van der Waals surface area contributed by atoms with E-state index >= 15 is 0 Å². The van der Waals surface area contributed by atoms with Gasteiger partial charge in [0.25, 0.3) is 0 Å². The number of benzene rings is 1. The highest BCUT2D eigenvalue weighted by molar-refractivity contribution is 9.10. The van der Waals surface area contributed by atoms with E-state index < -0.39 is 10.0 Å². The van der Waals surface area contributed by atoms with Crippen molar-refractivity contribution in [2.45, 2.75) is 23.8 Å². The molecule has 1 heterocycles. The molecule has 1 aromatic carbocycles. The second-order valence-corrected chi connectivity index (χ2v) is 7.59. The molecule has 1 aliphatic heterocycles. The Morgan fingerprint density at radius 1 is 1.35 bits per heavy atom.